The Hall–Kier alpha value is -0.930. The maximum absolute atomic E-state index is 4.30. The Kier molecular flexibility index (Phi) is 4.36. The molecule has 1 saturated heterocycles. The predicted octanol–water partition coefficient (Wildman–Crippen LogP) is 2.21. The van der Waals surface area contributed by atoms with Crippen molar-refractivity contribution in [2.24, 2.45) is 5.92 Å². The number of rotatable bonds is 3. The van der Waals surface area contributed by atoms with E-state index in [4.69, 9.17) is 0 Å². The minimum atomic E-state index is 0.581. The molecule has 1 aromatic rings. The smallest absolute Gasteiger partial charge is 0.0313 e. The van der Waals surface area contributed by atoms with Gasteiger partial charge in [0.2, 0.25) is 0 Å². The highest BCUT2D eigenvalue weighted by Gasteiger charge is 2.27. The molecule has 18 heavy (non-hydrogen) atoms. The maximum atomic E-state index is 4.30. The van der Waals surface area contributed by atoms with Gasteiger partial charge in [0.15, 0.2) is 0 Å². The molecular formula is C15H25N3. The lowest BCUT2D eigenvalue weighted by atomic mass is 9.98. The van der Waals surface area contributed by atoms with E-state index < -0.39 is 0 Å². The monoisotopic (exact) mass is 247 g/mol. The molecule has 2 heterocycles. The number of hydrogen-bond donors (Lipinski definition) is 1. The van der Waals surface area contributed by atoms with Gasteiger partial charge in [0.25, 0.3) is 0 Å². The molecule has 0 amide bonds. The van der Waals surface area contributed by atoms with Gasteiger partial charge in [0.1, 0.15) is 0 Å². The summed E-state index contributed by atoms with van der Waals surface area (Å²) in [5.74, 6) is 0.683. The van der Waals surface area contributed by atoms with Gasteiger partial charge in [-0.1, -0.05) is 19.9 Å². The molecule has 0 spiro atoms. The van der Waals surface area contributed by atoms with Gasteiger partial charge in [0, 0.05) is 44.1 Å². The molecule has 1 aliphatic rings. The lowest BCUT2D eigenvalue weighted by Crippen LogP contribution is -2.56. The zero-order valence-electron chi connectivity index (χ0n) is 12.0. The Morgan fingerprint density at radius 2 is 2.22 bits per heavy atom. The predicted molar refractivity (Wildman–Crippen MR) is 75.5 cm³/mol. The van der Waals surface area contributed by atoms with Gasteiger partial charge < -0.3 is 5.32 Å². The molecule has 1 aliphatic heterocycles. The lowest BCUT2D eigenvalue weighted by Gasteiger charge is -2.41. The summed E-state index contributed by atoms with van der Waals surface area (Å²) >= 11 is 0. The Bertz CT molecular complexity index is 389. The van der Waals surface area contributed by atoms with Gasteiger partial charge in [-0.2, -0.15) is 0 Å². The minimum absolute atomic E-state index is 0.581. The van der Waals surface area contributed by atoms with E-state index in [0.29, 0.717) is 18.0 Å². The van der Waals surface area contributed by atoms with E-state index in [0.717, 1.165) is 19.6 Å². The topological polar surface area (TPSA) is 28.2 Å². The van der Waals surface area contributed by atoms with E-state index in [9.17, 15) is 0 Å². The van der Waals surface area contributed by atoms with E-state index in [1.54, 1.807) is 0 Å². The third kappa shape index (κ3) is 3.30. The van der Waals surface area contributed by atoms with Gasteiger partial charge in [-0.05, 0) is 30.9 Å². The van der Waals surface area contributed by atoms with Crippen LogP contribution in [-0.4, -0.2) is 35.1 Å². The Morgan fingerprint density at radius 1 is 1.44 bits per heavy atom. The Balaban J connectivity index is 2.08. The fraction of sp³-hybridized carbons (Fsp3) is 0.667. The number of hydrogen-bond acceptors (Lipinski definition) is 3. The van der Waals surface area contributed by atoms with E-state index in [-0.39, 0.29) is 0 Å². The SMILES string of the molecule is Cc1cncc(CN2CC(C)NCC2C(C)C)c1. The first-order valence-corrected chi connectivity index (χ1v) is 6.94. The molecule has 3 heteroatoms. The van der Waals surface area contributed by atoms with Crippen molar-refractivity contribution in [3.8, 4) is 0 Å². The summed E-state index contributed by atoms with van der Waals surface area (Å²) in [6, 6.07) is 3.45. The second kappa shape index (κ2) is 5.81. The number of piperazine rings is 1. The van der Waals surface area contributed by atoms with E-state index in [1.807, 2.05) is 12.4 Å². The minimum Gasteiger partial charge on any atom is -0.311 e. The van der Waals surface area contributed by atoms with Crippen LogP contribution in [0.15, 0.2) is 18.5 Å². The van der Waals surface area contributed by atoms with Crippen LogP contribution in [0.3, 0.4) is 0 Å². The second-order valence-corrected chi connectivity index (χ2v) is 5.92. The van der Waals surface area contributed by atoms with Crippen molar-refractivity contribution in [1.82, 2.24) is 15.2 Å². The molecule has 100 valence electrons. The fourth-order valence-corrected chi connectivity index (χ4v) is 2.78. The van der Waals surface area contributed by atoms with Crippen molar-refractivity contribution in [2.45, 2.75) is 46.3 Å². The van der Waals surface area contributed by atoms with E-state index in [1.165, 1.54) is 11.1 Å². The molecule has 1 aromatic heterocycles. The number of nitrogens with one attached hydrogen (secondary N) is 1. The molecule has 2 atom stereocenters. The normalized spacial score (nSPS) is 25.6. The van der Waals surface area contributed by atoms with Crippen molar-refractivity contribution >= 4 is 0 Å². The molecule has 3 nitrogen and oxygen atoms in total. The van der Waals surface area contributed by atoms with Crippen LogP contribution in [0.5, 0.6) is 0 Å². The summed E-state index contributed by atoms with van der Waals surface area (Å²) in [6.45, 7) is 12.2. The first-order chi connectivity index (χ1) is 8.56. The van der Waals surface area contributed by atoms with Crippen LogP contribution >= 0.6 is 0 Å². The third-order valence-electron chi connectivity index (χ3n) is 3.74. The van der Waals surface area contributed by atoms with Crippen LogP contribution in [0.25, 0.3) is 0 Å². The molecule has 2 rings (SSSR count). The molecule has 2 unspecified atom stereocenters. The molecular weight excluding hydrogens is 222 g/mol. The summed E-state index contributed by atoms with van der Waals surface area (Å²) in [4.78, 5) is 6.90. The molecule has 0 radical (unpaired) electrons. The summed E-state index contributed by atoms with van der Waals surface area (Å²) in [5, 5.41) is 3.58. The number of aryl methyl sites for hydroxylation is 1. The second-order valence-electron chi connectivity index (χ2n) is 5.92. The first kappa shape index (κ1) is 13.5. The Labute approximate surface area is 111 Å². The zero-order chi connectivity index (χ0) is 13.1. The van der Waals surface area contributed by atoms with Crippen LogP contribution in [0, 0.1) is 12.8 Å². The fourth-order valence-electron chi connectivity index (χ4n) is 2.78. The van der Waals surface area contributed by atoms with Crippen molar-refractivity contribution in [3.63, 3.8) is 0 Å². The Morgan fingerprint density at radius 3 is 2.89 bits per heavy atom. The number of pyridine rings is 1. The van der Waals surface area contributed by atoms with E-state index in [2.05, 4.69) is 49.0 Å². The molecule has 0 bridgehead atoms. The average Bonchev–Trinajstić information content (AvgIpc) is 2.28. The maximum Gasteiger partial charge on any atom is 0.0313 e. The molecule has 1 N–H and O–H groups in total. The lowest BCUT2D eigenvalue weighted by molar-refractivity contribution is 0.0955. The number of nitrogens with zero attached hydrogens (tertiary/aromatic N) is 2. The molecule has 0 aromatic carbocycles. The van der Waals surface area contributed by atoms with Crippen LogP contribution in [0.4, 0.5) is 0 Å². The zero-order valence-corrected chi connectivity index (χ0v) is 12.0. The molecule has 0 saturated carbocycles. The summed E-state index contributed by atoms with van der Waals surface area (Å²) < 4.78 is 0. The standard InChI is InChI=1S/C15H25N3/c1-11(2)15-8-17-13(4)9-18(15)10-14-5-12(3)6-16-7-14/h5-7,11,13,15,17H,8-10H2,1-4H3. The highest BCUT2D eigenvalue weighted by molar-refractivity contribution is 5.16. The average molecular weight is 247 g/mol. The van der Waals surface area contributed by atoms with Crippen LogP contribution < -0.4 is 5.32 Å². The van der Waals surface area contributed by atoms with Gasteiger partial charge in [-0.25, -0.2) is 0 Å². The van der Waals surface area contributed by atoms with Crippen molar-refractivity contribution in [3.05, 3.63) is 29.6 Å². The van der Waals surface area contributed by atoms with Crippen LogP contribution in [0.2, 0.25) is 0 Å². The van der Waals surface area contributed by atoms with Gasteiger partial charge >= 0.3 is 0 Å². The number of aromatic nitrogens is 1. The highest BCUT2D eigenvalue weighted by atomic mass is 15.2. The summed E-state index contributed by atoms with van der Waals surface area (Å²) in [7, 11) is 0. The quantitative estimate of drug-likeness (QED) is 0.887. The van der Waals surface area contributed by atoms with Crippen molar-refractivity contribution < 1.29 is 0 Å². The summed E-state index contributed by atoms with van der Waals surface area (Å²) in [5.41, 5.74) is 2.58. The van der Waals surface area contributed by atoms with Gasteiger partial charge in [-0.3, -0.25) is 9.88 Å². The summed E-state index contributed by atoms with van der Waals surface area (Å²) in [6.07, 6.45) is 3.92. The van der Waals surface area contributed by atoms with E-state index >= 15 is 0 Å². The van der Waals surface area contributed by atoms with Crippen LogP contribution in [-0.2, 0) is 6.54 Å². The third-order valence-corrected chi connectivity index (χ3v) is 3.74. The molecule has 1 fully saturated rings. The molecule has 0 aliphatic carbocycles. The van der Waals surface area contributed by atoms with Gasteiger partial charge in [-0.15, -0.1) is 0 Å². The first-order valence-electron chi connectivity index (χ1n) is 6.94. The highest BCUT2D eigenvalue weighted by Crippen LogP contribution is 2.18. The largest absolute Gasteiger partial charge is 0.311 e. The van der Waals surface area contributed by atoms with Gasteiger partial charge in [0.05, 0.1) is 0 Å². The van der Waals surface area contributed by atoms with Crippen molar-refractivity contribution in [2.75, 3.05) is 13.1 Å². The van der Waals surface area contributed by atoms with Crippen LogP contribution in [0.1, 0.15) is 31.9 Å². The van der Waals surface area contributed by atoms with Crippen molar-refractivity contribution in [1.29, 1.82) is 0 Å².